The van der Waals surface area contributed by atoms with E-state index in [1.807, 2.05) is 6.07 Å². The van der Waals surface area contributed by atoms with Gasteiger partial charge in [-0.1, -0.05) is 135 Å². The summed E-state index contributed by atoms with van der Waals surface area (Å²) in [6.07, 6.45) is 25.6. The Labute approximate surface area is 261 Å². The first kappa shape index (κ1) is 28.0. The van der Waals surface area contributed by atoms with Crippen molar-refractivity contribution in [3.63, 3.8) is 0 Å². The molecule has 3 aromatic carbocycles. The molecule has 7 rings (SSSR count). The lowest BCUT2D eigenvalue weighted by molar-refractivity contribution is 0.637. The van der Waals surface area contributed by atoms with E-state index in [0.29, 0.717) is 0 Å². The van der Waals surface area contributed by atoms with Crippen LogP contribution < -0.4 is 0 Å². The number of rotatable bonds is 6. The lowest BCUT2D eigenvalue weighted by Gasteiger charge is -2.27. The molecule has 0 radical (unpaired) electrons. The van der Waals surface area contributed by atoms with Gasteiger partial charge in [-0.25, -0.2) is 9.97 Å². The summed E-state index contributed by atoms with van der Waals surface area (Å²) in [5, 5.41) is 0. The molecule has 4 aromatic rings. The van der Waals surface area contributed by atoms with E-state index in [0.717, 1.165) is 66.0 Å². The third kappa shape index (κ3) is 5.73. The van der Waals surface area contributed by atoms with E-state index >= 15 is 0 Å². The first-order valence-electron chi connectivity index (χ1n) is 15.9. The number of hydrogen-bond acceptors (Lipinski definition) is 2. The fraction of sp³-hybridized carbons (Fsp3) is 0.190. The van der Waals surface area contributed by atoms with E-state index in [2.05, 4.69) is 141 Å². The van der Waals surface area contributed by atoms with Crippen molar-refractivity contribution in [1.29, 1.82) is 0 Å². The molecule has 1 aromatic heterocycles. The largest absolute Gasteiger partial charge is 0.228 e. The van der Waals surface area contributed by atoms with Crippen LogP contribution in [0.3, 0.4) is 0 Å². The third-order valence-corrected chi connectivity index (χ3v) is 9.15. The van der Waals surface area contributed by atoms with Gasteiger partial charge in [0.2, 0.25) is 0 Å². The molecule has 2 nitrogen and oxygen atoms in total. The fourth-order valence-corrected chi connectivity index (χ4v) is 6.39. The highest BCUT2D eigenvalue weighted by Crippen LogP contribution is 2.37. The van der Waals surface area contributed by atoms with E-state index < -0.39 is 0 Å². The summed E-state index contributed by atoms with van der Waals surface area (Å²) >= 11 is 0. The molecule has 0 unspecified atom stereocenters. The number of aromatic nitrogens is 2. The Morgan fingerprint density at radius 2 is 1.39 bits per heavy atom. The first-order valence-corrected chi connectivity index (χ1v) is 15.9. The van der Waals surface area contributed by atoms with E-state index in [4.69, 9.17) is 9.97 Å². The van der Waals surface area contributed by atoms with Crippen LogP contribution in [0.25, 0.3) is 39.6 Å². The van der Waals surface area contributed by atoms with Crippen molar-refractivity contribution in [1.82, 2.24) is 9.97 Å². The minimum absolute atomic E-state index is 0.138. The number of fused-ring (bicyclic) bond motifs is 1. The molecule has 1 heterocycles. The molecule has 0 fully saturated rings. The topological polar surface area (TPSA) is 25.8 Å². The molecule has 216 valence electrons. The zero-order valence-electron chi connectivity index (χ0n) is 25.6. The second-order valence-electron chi connectivity index (χ2n) is 12.4. The molecule has 0 bridgehead atoms. The molecule has 0 spiro atoms. The van der Waals surface area contributed by atoms with E-state index in [1.165, 1.54) is 33.4 Å². The maximum Gasteiger partial charge on any atom is 0.160 e. The van der Waals surface area contributed by atoms with Crippen LogP contribution in [-0.2, 0) is 11.8 Å². The van der Waals surface area contributed by atoms with Crippen LogP contribution in [0.5, 0.6) is 0 Å². The number of nitrogens with zero attached hydrogens (tertiary/aromatic N) is 2. The van der Waals surface area contributed by atoms with E-state index in [9.17, 15) is 0 Å². The van der Waals surface area contributed by atoms with Crippen molar-refractivity contribution >= 4 is 17.2 Å². The number of aryl methyl sites for hydroxylation is 1. The Bertz CT molecular complexity index is 1880. The van der Waals surface area contributed by atoms with Crippen LogP contribution in [0.1, 0.15) is 67.7 Å². The molecule has 3 aliphatic carbocycles. The summed E-state index contributed by atoms with van der Waals surface area (Å²) in [4.78, 5) is 10.1. The zero-order valence-corrected chi connectivity index (χ0v) is 25.6. The molecule has 0 N–H and O–H groups in total. The summed E-state index contributed by atoms with van der Waals surface area (Å²) < 4.78 is 0. The highest BCUT2D eigenvalue weighted by atomic mass is 14.9. The lowest BCUT2D eigenvalue weighted by atomic mass is 9.76. The van der Waals surface area contributed by atoms with Crippen LogP contribution in [-0.4, -0.2) is 9.97 Å². The van der Waals surface area contributed by atoms with Crippen LogP contribution in [0.2, 0.25) is 0 Å². The summed E-state index contributed by atoms with van der Waals surface area (Å²) in [5.41, 5.74) is 13.1. The summed E-state index contributed by atoms with van der Waals surface area (Å²) in [6, 6.07) is 28.6. The standard InChI is InChI=1S/C42H38N2/c1-42(2,38-25-22-31(23-26-38)36-21-20-30-12-9-10-17-35(30)28-36)37-19-11-18-33(24-27-37)40-29-39(32-13-5-3-6-14-32)43-41(44-40)34-15-7-4-8-16-34/h3,5-7,10,13-29H,4,8-9,11-12H2,1-2H3. The van der Waals surface area contributed by atoms with Gasteiger partial charge in [-0.2, -0.15) is 0 Å². The van der Waals surface area contributed by atoms with Crippen molar-refractivity contribution in [3.05, 3.63) is 161 Å². The minimum atomic E-state index is -0.138. The van der Waals surface area contributed by atoms with Gasteiger partial charge in [0.25, 0.3) is 0 Å². The molecule has 2 heteroatoms. The molecule has 44 heavy (non-hydrogen) atoms. The van der Waals surface area contributed by atoms with Gasteiger partial charge in [0, 0.05) is 16.6 Å². The second kappa shape index (κ2) is 12.1. The van der Waals surface area contributed by atoms with Crippen LogP contribution in [0.15, 0.2) is 133 Å². The molecule has 0 saturated heterocycles. The van der Waals surface area contributed by atoms with Crippen LogP contribution in [0.4, 0.5) is 0 Å². The van der Waals surface area contributed by atoms with Gasteiger partial charge in [0.05, 0.1) is 11.4 Å². The summed E-state index contributed by atoms with van der Waals surface area (Å²) in [6.45, 7) is 4.65. The van der Waals surface area contributed by atoms with Gasteiger partial charge in [-0.3, -0.25) is 0 Å². The quantitative estimate of drug-likeness (QED) is 0.230. The van der Waals surface area contributed by atoms with Gasteiger partial charge in [-0.05, 0) is 83.2 Å². The fourth-order valence-electron chi connectivity index (χ4n) is 6.39. The number of benzene rings is 3. The van der Waals surface area contributed by atoms with Gasteiger partial charge in [0.1, 0.15) is 0 Å². The molecule has 0 amide bonds. The van der Waals surface area contributed by atoms with Crippen LogP contribution in [0, 0.1) is 0 Å². The Kier molecular flexibility index (Phi) is 7.66. The predicted octanol–water partition coefficient (Wildman–Crippen LogP) is 10.8. The van der Waals surface area contributed by atoms with Gasteiger partial charge < -0.3 is 0 Å². The van der Waals surface area contributed by atoms with Crippen LogP contribution >= 0.6 is 0 Å². The Balaban J connectivity index is 1.15. The van der Waals surface area contributed by atoms with Gasteiger partial charge in [0.15, 0.2) is 5.82 Å². The third-order valence-electron chi connectivity index (χ3n) is 9.15. The smallest absolute Gasteiger partial charge is 0.160 e. The maximum absolute atomic E-state index is 5.08. The minimum Gasteiger partial charge on any atom is -0.228 e. The molecule has 0 atom stereocenters. The zero-order chi connectivity index (χ0) is 29.9. The number of allylic oxidation sites excluding steroid dienone is 11. The molecule has 0 aliphatic heterocycles. The predicted molar refractivity (Wildman–Crippen MR) is 186 cm³/mol. The maximum atomic E-state index is 5.08. The molecular formula is C42H38N2. The van der Waals surface area contributed by atoms with Crippen molar-refractivity contribution in [2.75, 3.05) is 0 Å². The van der Waals surface area contributed by atoms with Crippen molar-refractivity contribution in [2.45, 2.75) is 51.4 Å². The Morgan fingerprint density at radius 1 is 0.591 bits per heavy atom. The molecule has 0 saturated carbocycles. The Morgan fingerprint density at radius 3 is 2.20 bits per heavy atom. The summed E-state index contributed by atoms with van der Waals surface area (Å²) in [5.74, 6) is 0.791. The molecular weight excluding hydrogens is 532 g/mol. The van der Waals surface area contributed by atoms with Crippen molar-refractivity contribution < 1.29 is 0 Å². The molecule has 3 aliphatic rings. The van der Waals surface area contributed by atoms with Crippen molar-refractivity contribution in [3.8, 4) is 22.4 Å². The van der Waals surface area contributed by atoms with Gasteiger partial charge >= 0.3 is 0 Å². The SMILES string of the molecule is CC(C)(C1=CCC=C(c2cc(-c3ccccc3)nc(C3=CCCC=C3)n2)C=C1)c1ccc(-c2ccc3c(c2)C=CCC3)cc1. The normalized spacial score (nSPS) is 16.1. The monoisotopic (exact) mass is 570 g/mol. The number of hydrogen-bond donors (Lipinski definition) is 0. The lowest BCUT2D eigenvalue weighted by Crippen LogP contribution is -2.19. The van der Waals surface area contributed by atoms with E-state index in [1.54, 1.807) is 0 Å². The first-order chi connectivity index (χ1) is 21.5. The van der Waals surface area contributed by atoms with Crippen molar-refractivity contribution in [2.24, 2.45) is 0 Å². The average molecular weight is 571 g/mol. The summed E-state index contributed by atoms with van der Waals surface area (Å²) in [7, 11) is 0. The average Bonchev–Trinajstić information content (AvgIpc) is 3.36. The van der Waals surface area contributed by atoms with E-state index in [-0.39, 0.29) is 5.41 Å². The highest BCUT2D eigenvalue weighted by molar-refractivity contribution is 5.79. The Hall–Kier alpha value is -4.82. The second-order valence-corrected chi connectivity index (χ2v) is 12.4. The van der Waals surface area contributed by atoms with Gasteiger partial charge in [-0.15, -0.1) is 0 Å². The highest BCUT2D eigenvalue weighted by Gasteiger charge is 2.25.